The van der Waals surface area contributed by atoms with Crippen molar-refractivity contribution in [3.05, 3.63) is 36.5 Å². The number of benzene rings is 1. The molecule has 2 aromatic rings. The number of rotatable bonds is 3. The Hall–Kier alpha value is -1.46. The topological polar surface area (TPSA) is 59.1 Å². The van der Waals surface area contributed by atoms with Crippen LogP contribution in [0.3, 0.4) is 0 Å². The molecular formula is C19H26N2O2S. The molecule has 0 atom stereocenters. The highest BCUT2D eigenvalue weighted by Gasteiger charge is 2.31. The molecule has 1 fully saturated rings. The fourth-order valence-corrected chi connectivity index (χ4v) is 5.14. The lowest BCUT2D eigenvalue weighted by atomic mass is 9.71. The number of sulfonamides is 1. The van der Waals surface area contributed by atoms with Gasteiger partial charge in [0.05, 0.1) is 5.52 Å². The monoisotopic (exact) mass is 346 g/mol. The molecule has 0 spiro atoms. The lowest BCUT2D eigenvalue weighted by Gasteiger charge is -2.37. The average molecular weight is 346 g/mol. The van der Waals surface area contributed by atoms with Crippen molar-refractivity contribution < 1.29 is 8.42 Å². The summed E-state index contributed by atoms with van der Waals surface area (Å²) in [5, 5.41) is 0.844. The average Bonchev–Trinajstić information content (AvgIpc) is 2.53. The van der Waals surface area contributed by atoms with Gasteiger partial charge in [0.1, 0.15) is 4.90 Å². The lowest BCUT2D eigenvalue weighted by Crippen LogP contribution is -2.39. The molecule has 24 heavy (non-hydrogen) atoms. The highest BCUT2D eigenvalue weighted by molar-refractivity contribution is 7.89. The molecule has 1 heterocycles. The van der Waals surface area contributed by atoms with Crippen molar-refractivity contribution in [3.63, 3.8) is 0 Å². The van der Waals surface area contributed by atoms with Crippen LogP contribution >= 0.6 is 0 Å². The van der Waals surface area contributed by atoms with Gasteiger partial charge in [0.2, 0.25) is 10.0 Å². The second kappa shape index (κ2) is 6.45. The third-order valence-electron chi connectivity index (χ3n) is 5.16. The van der Waals surface area contributed by atoms with Gasteiger partial charge in [-0.3, -0.25) is 4.98 Å². The molecule has 0 amide bonds. The molecule has 1 aromatic carbocycles. The maximum atomic E-state index is 12.8. The first kappa shape index (κ1) is 17.4. The Kier molecular flexibility index (Phi) is 4.67. The molecule has 0 radical (unpaired) electrons. The van der Waals surface area contributed by atoms with Gasteiger partial charge in [-0.2, -0.15) is 0 Å². The third-order valence-corrected chi connectivity index (χ3v) is 6.71. The maximum absolute atomic E-state index is 12.8. The minimum atomic E-state index is -3.55. The van der Waals surface area contributed by atoms with Crippen molar-refractivity contribution in [1.29, 1.82) is 0 Å². The smallest absolute Gasteiger partial charge is 0.242 e. The van der Waals surface area contributed by atoms with Crippen molar-refractivity contribution in [2.45, 2.75) is 57.4 Å². The summed E-state index contributed by atoms with van der Waals surface area (Å²) < 4.78 is 28.6. The molecule has 3 rings (SSSR count). The number of nitrogens with one attached hydrogen (secondary N) is 1. The summed E-state index contributed by atoms with van der Waals surface area (Å²) >= 11 is 0. The van der Waals surface area contributed by atoms with Gasteiger partial charge in [0.15, 0.2) is 0 Å². The summed E-state index contributed by atoms with van der Waals surface area (Å²) in [6.07, 6.45) is 5.59. The van der Waals surface area contributed by atoms with Crippen LogP contribution < -0.4 is 4.72 Å². The van der Waals surface area contributed by atoms with E-state index in [9.17, 15) is 8.42 Å². The quantitative estimate of drug-likeness (QED) is 0.909. The summed E-state index contributed by atoms with van der Waals surface area (Å²) in [5.74, 6) is 0.664. The first-order valence-corrected chi connectivity index (χ1v) is 10.1. The molecule has 130 valence electrons. The number of para-hydroxylation sites is 1. The van der Waals surface area contributed by atoms with Gasteiger partial charge < -0.3 is 0 Å². The largest absolute Gasteiger partial charge is 0.255 e. The van der Waals surface area contributed by atoms with Crippen LogP contribution in [0.25, 0.3) is 10.9 Å². The van der Waals surface area contributed by atoms with E-state index in [1.807, 2.05) is 18.2 Å². The first-order valence-electron chi connectivity index (χ1n) is 8.63. The predicted octanol–water partition coefficient (Wildman–Crippen LogP) is 4.12. The zero-order valence-electron chi connectivity index (χ0n) is 14.6. The van der Waals surface area contributed by atoms with E-state index in [0.717, 1.165) is 31.1 Å². The van der Waals surface area contributed by atoms with Crippen LogP contribution in [-0.4, -0.2) is 19.4 Å². The Labute approximate surface area is 144 Å². The van der Waals surface area contributed by atoms with E-state index in [1.165, 1.54) is 0 Å². The molecule has 0 unspecified atom stereocenters. The summed E-state index contributed by atoms with van der Waals surface area (Å²) in [5.41, 5.74) is 0.833. The molecule has 4 nitrogen and oxygen atoms in total. The molecule has 1 aliphatic carbocycles. The SMILES string of the molecule is CC(C)(C)C1CCC(NS(=O)(=O)c2cccc3cccnc23)CC1. The van der Waals surface area contributed by atoms with E-state index in [2.05, 4.69) is 30.5 Å². The van der Waals surface area contributed by atoms with E-state index in [4.69, 9.17) is 0 Å². The van der Waals surface area contributed by atoms with Crippen molar-refractivity contribution >= 4 is 20.9 Å². The number of hydrogen-bond donors (Lipinski definition) is 1. The third kappa shape index (κ3) is 3.62. The van der Waals surface area contributed by atoms with Crippen molar-refractivity contribution in [2.24, 2.45) is 11.3 Å². The summed E-state index contributed by atoms with van der Waals surface area (Å²) in [4.78, 5) is 4.54. The Morgan fingerprint density at radius 1 is 1.04 bits per heavy atom. The molecule has 5 heteroatoms. The number of hydrogen-bond acceptors (Lipinski definition) is 3. The van der Waals surface area contributed by atoms with Crippen LogP contribution in [0.5, 0.6) is 0 Å². The Bertz CT molecular complexity index is 811. The molecule has 0 aliphatic heterocycles. The van der Waals surface area contributed by atoms with E-state index in [1.54, 1.807) is 18.3 Å². The zero-order chi connectivity index (χ0) is 17.4. The van der Waals surface area contributed by atoms with Gasteiger partial charge in [-0.05, 0) is 49.1 Å². The van der Waals surface area contributed by atoms with E-state index < -0.39 is 10.0 Å². The molecule has 1 aliphatic rings. The van der Waals surface area contributed by atoms with Crippen molar-refractivity contribution in [3.8, 4) is 0 Å². The van der Waals surface area contributed by atoms with Crippen molar-refractivity contribution in [1.82, 2.24) is 9.71 Å². The fraction of sp³-hybridized carbons (Fsp3) is 0.526. The number of aromatic nitrogens is 1. The molecular weight excluding hydrogens is 320 g/mol. The standard InChI is InChI=1S/C19H26N2O2S/c1-19(2,3)15-9-11-16(12-10-15)21-24(22,23)17-8-4-6-14-7-5-13-20-18(14)17/h4-8,13,15-16,21H,9-12H2,1-3H3. The van der Waals surface area contributed by atoms with Crippen LogP contribution in [0.2, 0.25) is 0 Å². The second-order valence-electron chi connectivity index (χ2n) is 7.87. The maximum Gasteiger partial charge on any atom is 0.242 e. The number of nitrogens with zero attached hydrogens (tertiary/aromatic N) is 1. The minimum absolute atomic E-state index is 0.0209. The van der Waals surface area contributed by atoms with Crippen LogP contribution in [-0.2, 0) is 10.0 Å². The van der Waals surface area contributed by atoms with Gasteiger partial charge in [-0.1, -0.05) is 39.0 Å². The van der Waals surface area contributed by atoms with Gasteiger partial charge in [-0.15, -0.1) is 0 Å². The predicted molar refractivity (Wildman–Crippen MR) is 97.3 cm³/mol. The van der Waals surface area contributed by atoms with Crippen LogP contribution in [0.15, 0.2) is 41.4 Å². The fourth-order valence-electron chi connectivity index (χ4n) is 3.65. The summed E-state index contributed by atoms with van der Waals surface area (Å²) in [7, 11) is -3.55. The Morgan fingerprint density at radius 2 is 1.71 bits per heavy atom. The lowest BCUT2D eigenvalue weighted by molar-refractivity contribution is 0.166. The highest BCUT2D eigenvalue weighted by Crippen LogP contribution is 2.38. The molecule has 1 saturated carbocycles. The zero-order valence-corrected chi connectivity index (χ0v) is 15.4. The first-order chi connectivity index (χ1) is 11.3. The van der Waals surface area contributed by atoms with Gasteiger partial charge in [0.25, 0.3) is 0 Å². The number of pyridine rings is 1. The van der Waals surface area contributed by atoms with E-state index in [0.29, 0.717) is 16.8 Å². The minimum Gasteiger partial charge on any atom is -0.255 e. The van der Waals surface area contributed by atoms with E-state index in [-0.39, 0.29) is 10.9 Å². The van der Waals surface area contributed by atoms with Gasteiger partial charge >= 0.3 is 0 Å². The molecule has 0 saturated heterocycles. The molecule has 1 aromatic heterocycles. The van der Waals surface area contributed by atoms with Crippen LogP contribution in [0, 0.1) is 11.3 Å². The van der Waals surface area contributed by atoms with Gasteiger partial charge in [0, 0.05) is 17.6 Å². The van der Waals surface area contributed by atoms with Gasteiger partial charge in [-0.25, -0.2) is 13.1 Å². The van der Waals surface area contributed by atoms with E-state index >= 15 is 0 Å². The Morgan fingerprint density at radius 3 is 2.38 bits per heavy atom. The molecule has 0 bridgehead atoms. The van der Waals surface area contributed by atoms with Crippen LogP contribution in [0.4, 0.5) is 0 Å². The summed E-state index contributed by atoms with van der Waals surface area (Å²) in [6.45, 7) is 6.80. The van der Waals surface area contributed by atoms with Crippen LogP contribution in [0.1, 0.15) is 46.5 Å². The highest BCUT2D eigenvalue weighted by atomic mass is 32.2. The number of fused-ring (bicyclic) bond motifs is 1. The van der Waals surface area contributed by atoms with Crippen molar-refractivity contribution in [2.75, 3.05) is 0 Å². The Balaban J connectivity index is 1.78. The normalized spacial score (nSPS) is 22.6. The second-order valence-corrected chi connectivity index (χ2v) is 9.55. The molecule has 1 N–H and O–H groups in total. The summed E-state index contributed by atoms with van der Waals surface area (Å²) in [6, 6.07) is 9.02.